The van der Waals surface area contributed by atoms with Crippen molar-refractivity contribution in [1.29, 1.82) is 0 Å². The second-order valence-electron chi connectivity index (χ2n) is 4.76. The van der Waals surface area contributed by atoms with E-state index in [1.807, 2.05) is 18.2 Å². The summed E-state index contributed by atoms with van der Waals surface area (Å²) in [5, 5.41) is 16.6. The first kappa shape index (κ1) is 13.9. The van der Waals surface area contributed by atoms with Gasteiger partial charge in [-0.3, -0.25) is 0 Å². The molecule has 3 aromatic rings. The minimum atomic E-state index is -0.442. The molecule has 0 aliphatic heterocycles. The number of hydrogen-bond acceptors (Lipinski definition) is 2. The minimum absolute atomic E-state index is 0.153. The van der Waals surface area contributed by atoms with Crippen LogP contribution in [-0.4, -0.2) is 11.1 Å². The second-order valence-corrected chi connectivity index (χ2v) is 4.76. The van der Waals surface area contributed by atoms with Crippen molar-refractivity contribution in [1.82, 2.24) is 0 Å². The first-order chi connectivity index (χ1) is 10.6. The number of nitrogens with one attached hydrogen (secondary N) is 2. The molecule has 5 heteroatoms. The molecule has 0 saturated heterocycles. The molecular weight excluding hydrogens is 283 g/mol. The summed E-state index contributed by atoms with van der Waals surface area (Å²) in [5.41, 5.74) is 1.06. The number of urea groups is 1. The van der Waals surface area contributed by atoms with Gasteiger partial charge in [-0.15, -0.1) is 0 Å². The van der Waals surface area contributed by atoms with Gasteiger partial charge in [0.15, 0.2) is 0 Å². The number of hydrogen-bond donors (Lipinski definition) is 3. The van der Waals surface area contributed by atoms with Gasteiger partial charge in [-0.25, -0.2) is 9.18 Å². The lowest BCUT2D eigenvalue weighted by Gasteiger charge is -2.11. The predicted octanol–water partition coefficient (Wildman–Crippen LogP) is 4.33. The zero-order valence-corrected chi connectivity index (χ0v) is 11.5. The van der Waals surface area contributed by atoms with Crippen molar-refractivity contribution in [3.05, 3.63) is 66.5 Å². The van der Waals surface area contributed by atoms with Crippen LogP contribution in [0.3, 0.4) is 0 Å². The molecule has 3 N–H and O–H groups in total. The SMILES string of the molecule is O=C(Nc1ccc(F)cc1)Nc1ccc(O)c2ccccc12. The van der Waals surface area contributed by atoms with Crippen molar-refractivity contribution in [3.8, 4) is 5.75 Å². The molecule has 0 heterocycles. The van der Waals surface area contributed by atoms with Gasteiger partial charge >= 0.3 is 6.03 Å². The zero-order chi connectivity index (χ0) is 15.5. The Hall–Kier alpha value is -3.08. The third-order valence-corrected chi connectivity index (χ3v) is 3.25. The maximum atomic E-state index is 12.8. The van der Waals surface area contributed by atoms with Crippen LogP contribution in [0.4, 0.5) is 20.6 Å². The Morgan fingerprint density at radius 2 is 1.55 bits per heavy atom. The summed E-state index contributed by atoms with van der Waals surface area (Å²) in [5.74, 6) is -0.212. The minimum Gasteiger partial charge on any atom is -0.507 e. The molecule has 110 valence electrons. The zero-order valence-electron chi connectivity index (χ0n) is 11.5. The van der Waals surface area contributed by atoms with Gasteiger partial charge in [0.05, 0.1) is 5.69 Å². The van der Waals surface area contributed by atoms with Crippen molar-refractivity contribution < 1.29 is 14.3 Å². The first-order valence-corrected chi connectivity index (χ1v) is 6.68. The van der Waals surface area contributed by atoms with Crippen molar-refractivity contribution in [2.24, 2.45) is 0 Å². The maximum Gasteiger partial charge on any atom is 0.323 e. The number of amides is 2. The first-order valence-electron chi connectivity index (χ1n) is 6.68. The highest BCUT2D eigenvalue weighted by molar-refractivity contribution is 6.07. The summed E-state index contributed by atoms with van der Waals surface area (Å²) >= 11 is 0. The highest BCUT2D eigenvalue weighted by Crippen LogP contribution is 2.30. The number of carbonyl (C=O) groups is 1. The quantitative estimate of drug-likeness (QED) is 0.616. The van der Waals surface area contributed by atoms with Gasteiger partial charge in [-0.2, -0.15) is 0 Å². The number of benzene rings is 3. The Bertz CT molecular complexity index is 832. The average Bonchev–Trinajstić information content (AvgIpc) is 2.53. The Morgan fingerprint density at radius 1 is 0.864 bits per heavy atom. The fourth-order valence-electron chi connectivity index (χ4n) is 2.21. The molecule has 0 radical (unpaired) electrons. The summed E-state index contributed by atoms with van der Waals surface area (Å²) in [4.78, 5) is 12.0. The van der Waals surface area contributed by atoms with Crippen LogP contribution >= 0.6 is 0 Å². The van der Waals surface area contributed by atoms with E-state index in [2.05, 4.69) is 10.6 Å². The van der Waals surface area contributed by atoms with E-state index in [0.717, 1.165) is 5.39 Å². The van der Waals surface area contributed by atoms with E-state index in [1.54, 1.807) is 12.1 Å². The summed E-state index contributed by atoms with van der Waals surface area (Å²) < 4.78 is 12.8. The van der Waals surface area contributed by atoms with Crippen LogP contribution in [-0.2, 0) is 0 Å². The third kappa shape index (κ3) is 2.83. The molecule has 4 nitrogen and oxygen atoms in total. The summed E-state index contributed by atoms with van der Waals surface area (Å²) in [6.45, 7) is 0. The molecule has 0 aliphatic rings. The van der Waals surface area contributed by atoms with Gasteiger partial charge in [0.25, 0.3) is 0 Å². The molecule has 2 amide bonds. The Labute approximate surface area is 126 Å². The molecular formula is C17H13FN2O2. The molecule has 0 fully saturated rings. The van der Waals surface area contributed by atoms with Crippen molar-refractivity contribution >= 4 is 28.2 Å². The van der Waals surface area contributed by atoms with E-state index in [9.17, 15) is 14.3 Å². The fraction of sp³-hybridized carbons (Fsp3) is 0. The molecule has 0 spiro atoms. The van der Waals surface area contributed by atoms with E-state index >= 15 is 0 Å². The van der Waals surface area contributed by atoms with Crippen LogP contribution in [0.1, 0.15) is 0 Å². The number of carbonyl (C=O) groups excluding carboxylic acids is 1. The lowest BCUT2D eigenvalue weighted by molar-refractivity contribution is 0.262. The topological polar surface area (TPSA) is 61.4 Å². The average molecular weight is 296 g/mol. The largest absolute Gasteiger partial charge is 0.507 e. The molecule has 0 atom stereocenters. The van der Waals surface area contributed by atoms with E-state index < -0.39 is 6.03 Å². The lowest BCUT2D eigenvalue weighted by atomic mass is 10.1. The van der Waals surface area contributed by atoms with Crippen LogP contribution in [0.15, 0.2) is 60.7 Å². The highest BCUT2D eigenvalue weighted by Gasteiger charge is 2.08. The molecule has 22 heavy (non-hydrogen) atoms. The molecule has 0 aromatic heterocycles. The molecule has 0 unspecified atom stereocenters. The standard InChI is InChI=1S/C17H13FN2O2/c18-11-5-7-12(8-6-11)19-17(22)20-15-9-10-16(21)14-4-2-1-3-13(14)15/h1-10,21H,(H2,19,20,22). The van der Waals surface area contributed by atoms with Gasteiger partial charge in [0.1, 0.15) is 11.6 Å². The molecule has 3 rings (SSSR count). The normalized spacial score (nSPS) is 10.4. The van der Waals surface area contributed by atoms with Crippen LogP contribution in [0.2, 0.25) is 0 Å². The molecule has 0 saturated carbocycles. The Balaban J connectivity index is 1.82. The van der Waals surface area contributed by atoms with Crippen LogP contribution < -0.4 is 10.6 Å². The van der Waals surface area contributed by atoms with Crippen molar-refractivity contribution in [2.45, 2.75) is 0 Å². The summed E-state index contributed by atoms with van der Waals surface area (Å²) in [6, 6.07) is 15.4. The second kappa shape index (κ2) is 5.73. The number of aromatic hydroxyl groups is 1. The monoisotopic (exact) mass is 296 g/mol. The van der Waals surface area contributed by atoms with E-state index in [4.69, 9.17) is 0 Å². The number of rotatable bonds is 2. The van der Waals surface area contributed by atoms with Crippen LogP contribution in [0.5, 0.6) is 5.75 Å². The smallest absolute Gasteiger partial charge is 0.323 e. The molecule has 0 aliphatic carbocycles. The van der Waals surface area contributed by atoms with Gasteiger partial charge in [-0.05, 0) is 36.4 Å². The van der Waals surface area contributed by atoms with Gasteiger partial charge < -0.3 is 15.7 Å². The fourth-order valence-corrected chi connectivity index (χ4v) is 2.21. The van der Waals surface area contributed by atoms with Gasteiger partial charge in [-0.1, -0.05) is 24.3 Å². The Kier molecular flexibility index (Phi) is 3.62. The van der Waals surface area contributed by atoms with Gasteiger partial charge in [0, 0.05) is 16.5 Å². The van der Waals surface area contributed by atoms with Crippen molar-refractivity contribution in [2.75, 3.05) is 10.6 Å². The number of anilines is 2. The lowest BCUT2D eigenvalue weighted by Crippen LogP contribution is -2.19. The number of fused-ring (bicyclic) bond motifs is 1. The number of halogens is 1. The Morgan fingerprint density at radius 3 is 2.27 bits per heavy atom. The maximum absolute atomic E-state index is 12.8. The molecule has 0 bridgehead atoms. The number of phenolic OH excluding ortho intramolecular Hbond substituents is 1. The molecule has 3 aromatic carbocycles. The number of phenols is 1. The predicted molar refractivity (Wildman–Crippen MR) is 84.7 cm³/mol. The van der Waals surface area contributed by atoms with E-state index in [1.165, 1.54) is 30.3 Å². The third-order valence-electron chi connectivity index (χ3n) is 3.25. The summed E-state index contributed by atoms with van der Waals surface area (Å²) in [6.07, 6.45) is 0. The van der Waals surface area contributed by atoms with Crippen LogP contribution in [0.25, 0.3) is 10.8 Å². The highest BCUT2D eigenvalue weighted by atomic mass is 19.1. The van der Waals surface area contributed by atoms with Gasteiger partial charge in [0.2, 0.25) is 0 Å². The van der Waals surface area contributed by atoms with Crippen molar-refractivity contribution in [3.63, 3.8) is 0 Å². The van der Waals surface area contributed by atoms with E-state index in [-0.39, 0.29) is 11.6 Å². The summed E-state index contributed by atoms with van der Waals surface area (Å²) in [7, 11) is 0. The van der Waals surface area contributed by atoms with Crippen LogP contribution in [0, 0.1) is 5.82 Å². The van der Waals surface area contributed by atoms with E-state index in [0.29, 0.717) is 16.8 Å².